The molecule has 5 heteroatoms. The van der Waals surface area contributed by atoms with Crippen molar-refractivity contribution in [2.75, 3.05) is 6.61 Å². The van der Waals surface area contributed by atoms with Crippen LogP contribution in [-0.4, -0.2) is 18.7 Å². The van der Waals surface area contributed by atoms with Gasteiger partial charge in [0.1, 0.15) is 11.6 Å². The fourth-order valence-corrected chi connectivity index (χ4v) is 2.61. The summed E-state index contributed by atoms with van der Waals surface area (Å²) >= 11 is 0. The van der Waals surface area contributed by atoms with Gasteiger partial charge in [0.05, 0.1) is 18.4 Å². The van der Waals surface area contributed by atoms with Crippen LogP contribution in [0.1, 0.15) is 29.3 Å². The van der Waals surface area contributed by atoms with Crippen molar-refractivity contribution in [3.8, 4) is 5.75 Å². The zero-order valence-corrected chi connectivity index (χ0v) is 14.4. The molecule has 0 radical (unpaired) electrons. The number of rotatable bonds is 6. The molecule has 0 atom stereocenters. The van der Waals surface area contributed by atoms with E-state index in [1.165, 1.54) is 24.4 Å². The summed E-state index contributed by atoms with van der Waals surface area (Å²) in [6.07, 6.45) is 2.42. The number of nitrogens with one attached hydrogen (secondary N) is 1. The third-order valence-corrected chi connectivity index (χ3v) is 3.87. The van der Waals surface area contributed by atoms with Gasteiger partial charge in [-0.25, -0.2) is 9.82 Å². The van der Waals surface area contributed by atoms with E-state index in [-0.39, 0.29) is 5.56 Å². The van der Waals surface area contributed by atoms with E-state index in [0.29, 0.717) is 12.4 Å². The predicted octanol–water partition coefficient (Wildman–Crippen LogP) is 4.53. The van der Waals surface area contributed by atoms with Crippen LogP contribution >= 0.6 is 0 Å². The van der Waals surface area contributed by atoms with Crippen molar-refractivity contribution >= 4 is 22.9 Å². The van der Waals surface area contributed by atoms with Crippen molar-refractivity contribution in [2.45, 2.75) is 13.3 Å². The van der Waals surface area contributed by atoms with Crippen LogP contribution in [0.25, 0.3) is 10.8 Å². The lowest BCUT2D eigenvalue weighted by atomic mass is 10.0. The molecule has 0 fully saturated rings. The number of hydrogen-bond donors (Lipinski definition) is 1. The second-order valence-corrected chi connectivity index (χ2v) is 5.73. The molecule has 1 amide bonds. The van der Waals surface area contributed by atoms with E-state index in [1.54, 1.807) is 6.07 Å². The maximum atomic E-state index is 13.7. The molecule has 0 bridgehead atoms. The van der Waals surface area contributed by atoms with Crippen molar-refractivity contribution in [1.29, 1.82) is 0 Å². The molecule has 0 spiro atoms. The van der Waals surface area contributed by atoms with Gasteiger partial charge in [-0.1, -0.05) is 49.4 Å². The summed E-state index contributed by atoms with van der Waals surface area (Å²) < 4.78 is 19.5. The third kappa shape index (κ3) is 3.88. The maximum absolute atomic E-state index is 13.7. The van der Waals surface area contributed by atoms with Crippen LogP contribution in [0, 0.1) is 5.82 Å². The summed E-state index contributed by atoms with van der Waals surface area (Å²) in [4.78, 5) is 12.1. The second-order valence-electron chi connectivity index (χ2n) is 5.73. The largest absolute Gasteiger partial charge is 0.493 e. The molecule has 0 heterocycles. The molecule has 132 valence electrons. The van der Waals surface area contributed by atoms with E-state index in [9.17, 15) is 9.18 Å². The Kier molecular flexibility index (Phi) is 5.59. The van der Waals surface area contributed by atoms with Gasteiger partial charge in [0.15, 0.2) is 0 Å². The highest BCUT2D eigenvalue weighted by atomic mass is 19.1. The summed E-state index contributed by atoms with van der Waals surface area (Å²) in [6.45, 7) is 2.62. The van der Waals surface area contributed by atoms with Gasteiger partial charge in [0.25, 0.3) is 5.91 Å². The number of hydrogen-bond acceptors (Lipinski definition) is 3. The summed E-state index contributed by atoms with van der Waals surface area (Å²) in [5, 5.41) is 6.01. The van der Waals surface area contributed by atoms with Crippen LogP contribution in [0.2, 0.25) is 0 Å². The number of hydrazone groups is 1. The lowest BCUT2D eigenvalue weighted by Crippen LogP contribution is -2.19. The molecule has 3 aromatic rings. The standard InChI is InChI=1S/C21H19FN2O2/c1-2-13-26-20-12-11-15-7-3-4-8-16(15)18(20)14-23-24-21(25)17-9-5-6-10-19(17)22/h3-12,14H,2,13H2,1H3,(H,24,25)/b23-14-. The van der Waals surface area contributed by atoms with E-state index < -0.39 is 11.7 Å². The molecule has 3 aromatic carbocycles. The number of benzene rings is 3. The molecule has 26 heavy (non-hydrogen) atoms. The van der Waals surface area contributed by atoms with Gasteiger partial charge in [-0.3, -0.25) is 4.79 Å². The van der Waals surface area contributed by atoms with Gasteiger partial charge in [-0.2, -0.15) is 5.10 Å². The molecule has 0 aliphatic rings. The lowest BCUT2D eigenvalue weighted by molar-refractivity contribution is 0.0951. The molecule has 0 aliphatic carbocycles. The Morgan fingerprint density at radius 1 is 1.12 bits per heavy atom. The average Bonchev–Trinajstić information content (AvgIpc) is 2.67. The minimum absolute atomic E-state index is 0.0509. The van der Waals surface area contributed by atoms with Gasteiger partial charge in [0.2, 0.25) is 0 Å². The minimum Gasteiger partial charge on any atom is -0.493 e. The van der Waals surface area contributed by atoms with Crippen LogP contribution in [0.15, 0.2) is 65.8 Å². The van der Waals surface area contributed by atoms with Crippen molar-refractivity contribution in [3.05, 3.63) is 77.6 Å². The molecule has 3 rings (SSSR count). The van der Waals surface area contributed by atoms with Crippen LogP contribution in [0.3, 0.4) is 0 Å². The van der Waals surface area contributed by atoms with Crippen LogP contribution in [0.5, 0.6) is 5.75 Å². The van der Waals surface area contributed by atoms with E-state index in [1.807, 2.05) is 43.3 Å². The summed E-state index contributed by atoms with van der Waals surface area (Å²) in [5.41, 5.74) is 3.09. The SMILES string of the molecule is CCCOc1ccc2ccccc2c1/C=N\NC(=O)c1ccccc1F. The highest BCUT2D eigenvalue weighted by Crippen LogP contribution is 2.26. The maximum Gasteiger partial charge on any atom is 0.274 e. The van der Waals surface area contributed by atoms with Crippen molar-refractivity contribution < 1.29 is 13.9 Å². The summed E-state index contributed by atoms with van der Waals surface area (Å²) in [6, 6.07) is 17.5. The predicted molar refractivity (Wildman–Crippen MR) is 101 cm³/mol. The quantitative estimate of drug-likeness (QED) is 0.524. The highest BCUT2D eigenvalue weighted by molar-refractivity contribution is 6.03. The van der Waals surface area contributed by atoms with Crippen LogP contribution < -0.4 is 10.2 Å². The van der Waals surface area contributed by atoms with E-state index >= 15 is 0 Å². The van der Waals surface area contributed by atoms with Gasteiger partial charge < -0.3 is 4.74 Å². The molecule has 0 saturated carbocycles. The molecule has 0 aliphatic heterocycles. The van der Waals surface area contributed by atoms with Gasteiger partial charge in [0, 0.05) is 5.56 Å². The molecule has 0 unspecified atom stereocenters. The smallest absolute Gasteiger partial charge is 0.274 e. The fraction of sp³-hybridized carbons (Fsp3) is 0.143. The molecule has 0 aromatic heterocycles. The Bertz CT molecular complexity index is 954. The molecule has 4 nitrogen and oxygen atoms in total. The Morgan fingerprint density at radius 2 is 1.88 bits per heavy atom. The Labute approximate surface area is 151 Å². The zero-order valence-electron chi connectivity index (χ0n) is 14.4. The first-order valence-corrected chi connectivity index (χ1v) is 8.43. The average molecular weight is 350 g/mol. The Hall–Kier alpha value is -3.21. The third-order valence-electron chi connectivity index (χ3n) is 3.87. The van der Waals surface area contributed by atoms with E-state index in [0.717, 1.165) is 22.8 Å². The fourth-order valence-electron chi connectivity index (χ4n) is 2.61. The number of carbonyl (C=O) groups is 1. The van der Waals surface area contributed by atoms with E-state index in [4.69, 9.17) is 4.74 Å². The number of amides is 1. The molecular formula is C21H19FN2O2. The molecular weight excluding hydrogens is 331 g/mol. The van der Waals surface area contributed by atoms with E-state index in [2.05, 4.69) is 10.5 Å². The number of carbonyl (C=O) groups excluding carboxylic acids is 1. The van der Waals surface area contributed by atoms with Crippen molar-refractivity contribution in [2.24, 2.45) is 5.10 Å². The monoisotopic (exact) mass is 350 g/mol. The first-order valence-electron chi connectivity index (χ1n) is 8.43. The van der Waals surface area contributed by atoms with Crippen LogP contribution in [-0.2, 0) is 0 Å². The van der Waals surface area contributed by atoms with Gasteiger partial charge in [-0.05, 0) is 35.4 Å². The van der Waals surface area contributed by atoms with Gasteiger partial charge in [-0.15, -0.1) is 0 Å². The number of ether oxygens (including phenoxy) is 1. The van der Waals surface area contributed by atoms with Crippen molar-refractivity contribution in [1.82, 2.24) is 5.43 Å². The number of nitrogens with zero attached hydrogens (tertiary/aromatic N) is 1. The molecule has 1 N–H and O–H groups in total. The Balaban J connectivity index is 1.88. The van der Waals surface area contributed by atoms with Gasteiger partial charge >= 0.3 is 0 Å². The zero-order chi connectivity index (χ0) is 18.4. The van der Waals surface area contributed by atoms with Crippen LogP contribution in [0.4, 0.5) is 4.39 Å². The first kappa shape index (κ1) is 17.6. The summed E-state index contributed by atoms with van der Waals surface area (Å²) in [7, 11) is 0. The normalized spacial score (nSPS) is 11.0. The first-order chi connectivity index (χ1) is 12.7. The highest BCUT2D eigenvalue weighted by Gasteiger charge is 2.10. The minimum atomic E-state index is -0.601. The number of fused-ring (bicyclic) bond motifs is 1. The van der Waals surface area contributed by atoms with Crippen molar-refractivity contribution in [3.63, 3.8) is 0 Å². The topological polar surface area (TPSA) is 50.7 Å². The second kappa shape index (κ2) is 8.25. The number of halogens is 1. The lowest BCUT2D eigenvalue weighted by Gasteiger charge is -2.11. The molecule has 0 saturated heterocycles. The Morgan fingerprint density at radius 3 is 2.69 bits per heavy atom. The summed E-state index contributed by atoms with van der Waals surface area (Å²) in [5.74, 6) is -0.498.